The first-order valence-electron chi connectivity index (χ1n) is 11.2. The standard InChI is InChI=1S/C24H26N4O5/c1-33-20-7-3-2-5-16(20)14-28-23(31)18(25-24(28)32)10-22(30)26-11-15-9-17(13-26)19-6-4-8-21(29)27(19)12-15/h2-8,15,17-18H,9-14H2,1H3,(H,25,32)/t15-,17+,18-/m1/s1. The van der Waals surface area contributed by atoms with Crippen LogP contribution in [0.5, 0.6) is 5.75 Å². The Bertz CT molecular complexity index is 1180. The summed E-state index contributed by atoms with van der Waals surface area (Å²) in [5.74, 6) is 0.335. The Morgan fingerprint density at radius 3 is 2.70 bits per heavy atom. The number of para-hydroxylation sites is 1. The van der Waals surface area contributed by atoms with E-state index >= 15 is 0 Å². The lowest BCUT2D eigenvalue weighted by molar-refractivity contribution is -0.137. The number of rotatable bonds is 5. The number of aromatic nitrogens is 1. The van der Waals surface area contributed by atoms with Gasteiger partial charge in [-0.15, -0.1) is 0 Å². The van der Waals surface area contributed by atoms with Gasteiger partial charge in [-0.05, 0) is 24.5 Å². The van der Waals surface area contributed by atoms with Gasteiger partial charge in [0.15, 0.2) is 0 Å². The molecular formula is C24H26N4O5. The molecule has 33 heavy (non-hydrogen) atoms. The zero-order chi connectivity index (χ0) is 23.1. The number of hydrogen-bond donors (Lipinski definition) is 1. The molecule has 3 aliphatic rings. The summed E-state index contributed by atoms with van der Waals surface area (Å²) in [7, 11) is 1.54. The van der Waals surface area contributed by atoms with Gasteiger partial charge in [-0.3, -0.25) is 19.3 Å². The molecule has 5 rings (SSSR count). The molecule has 0 spiro atoms. The van der Waals surface area contributed by atoms with Crippen molar-refractivity contribution in [1.82, 2.24) is 19.7 Å². The van der Waals surface area contributed by atoms with Crippen molar-refractivity contribution < 1.29 is 19.1 Å². The summed E-state index contributed by atoms with van der Waals surface area (Å²) in [5.41, 5.74) is 1.68. The summed E-state index contributed by atoms with van der Waals surface area (Å²) in [6.07, 6.45) is 0.868. The summed E-state index contributed by atoms with van der Waals surface area (Å²) < 4.78 is 7.13. The number of nitrogens with one attached hydrogen (secondary N) is 1. The number of amides is 4. The van der Waals surface area contributed by atoms with Crippen molar-refractivity contribution in [3.8, 4) is 5.75 Å². The average molecular weight is 450 g/mol. The van der Waals surface area contributed by atoms with Crippen molar-refractivity contribution in [3.05, 3.63) is 64.1 Å². The number of piperidine rings is 1. The Hall–Kier alpha value is -3.62. The Labute approximate surface area is 190 Å². The van der Waals surface area contributed by atoms with Crippen LogP contribution in [0.3, 0.4) is 0 Å². The van der Waals surface area contributed by atoms with Crippen LogP contribution in [-0.4, -0.2) is 58.5 Å². The third-order valence-electron chi connectivity index (χ3n) is 6.84. The SMILES string of the molecule is COc1ccccc1CN1C(=O)N[C@H](CC(=O)N2C[C@H]3C[C@@H](C2)c2cccc(=O)n2C3)C1=O. The smallest absolute Gasteiger partial charge is 0.325 e. The highest BCUT2D eigenvalue weighted by Gasteiger charge is 2.42. The summed E-state index contributed by atoms with van der Waals surface area (Å²) in [6, 6.07) is 11.1. The molecule has 4 heterocycles. The number of methoxy groups -OCH3 is 1. The topological polar surface area (TPSA) is 101 Å². The molecule has 3 aliphatic heterocycles. The van der Waals surface area contributed by atoms with Gasteiger partial charge in [0.05, 0.1) is 20.1 Å². The lowest BCUT2D eigenvalue weighted by atomic mass is 9.83. The molecule has 9 nitrogen and oxygen atoms in total. The van der Waals surface area contributed by atoms with Gasteiger partial charge in [0.2, 0.25) is 5.91 Å². The number of carbonyl (C=O) groups is 3. The van der Waals surface area contributed by atoms with Crippen LogP contribution in [0.1, 0.15) is 30.0 Å². The number of imide groups is 1. The molecule has 172 valence electrons. The number of likely N-dealkylation sites (tertiary alicyclic amines) is 1. The summed E-state index contributed by atoms with van der Waals surface area (Å²) in [6.45, 7) is 1.74. The van der Waals surface area contributed by atoms with Crippen LogP contribution in [0.4, 0.5) is 4.79 Å². The molecule has 1 N–H and O–H groups in total. The van der Waals surface area contributed by atoms with Gasteiger partial charge in [0.25, 0.3) is 11.5 Å². The fourth-order valence-electron chi connectivity index (χ4n) is 5.27. The van der Waals surface area contributed by atoms with Crippen LogP contribution in [0.2, 0.25) is 0 Å². The molecule has 0 saturated carbocycles. The molecule has 4 amide bonds. The first-order valence-corrected chi connectivity index (χ1v) is 11.2. The number of ether oxygens (including phenoxy) is 1. The van der Waals surface area contributed by atoms with Crippen LogP contribution in [0.15, 0.2) is 47.3 Å². The summed E-state index contributed by atoms with van der Waals surface area (Å²) in [4.78, 5) is 53.6. The minimum atomic E-state index is -0.878. The molecule has 0 radical (unpaired) electrons. The molecule has 0 unspecified atom stereocenters. The number of benzene rings is 1. The van der Waals surface area contributed by atoms with Crippen molar-refractivity contribution in [2.24, 2.45) is 5.92 Å². The second-order valence-electron chi connectivity index (χ2n) is 8.94. The number of fused-ring (bicyclic) bond motifs is 4. The van der Waals surface area contributed by atoms with E-state index in [1.165, 1.54) is 7.11 Å². The molecule has 2 aromatic rings. The minimum absolute atomic E-state index is 0.00335. The van der Waals surface area contributed by atoms with Crippen LogP contribution in [-0.2, 0) is 22.7 Å². The maximum absolute atomic E-state index is 13.1. The minimum Gasteiger partial charge on any atom is -0.496 e. The van der Waals surface area contributed by atoms with E-state index in [1.54, 1.807) is 29.2 Å². The van der Waals surface area contributed by atoms with E-state index in [1.807, 2.05) is 22.8 Å². The van der Waals surface area contributed by atoms with Crippen molar-refractivity contribution in [2.45, 2.75) is 37.9 Å². The van der Waals surface area contributed by atoms with Crippen LogP contribution < -0.4 is 15.6 Å². The molecule has 0 aliphatic carbocycles. The molecule has 9 heteroatoms. The zero-order valence-corrected chi connectivity index (χ0v) is 18.4. The van der Waals surface area contributed by atoms with E-state index < -0.39 is 18.0 Å². The highest BCUT2D eigenvalue weighted by Crippen LogP contribution is 2.35. The number of hydrogen-bond acceptors (Lipinski definition) is 5. The number of urea groups is 1. The van der Waals surface area contributed by atoms with Gasteiger partial charge < -0.3 is 19.5 Å². The van der Waals surface area contributed by atoms with Gasteiger partial charge in [-0.2, -0.15) is 0 Å². The van der Waals surface area contributed by atoms with Crippen LogP contribution in [0.25, 0.3) is 0 Å². The van der Waals surface area contributed by atoms with Gasteiger partial charge in [-0.25, -0.2) is 4.79 Å². The van der Waals surface area contributed by atoms with Crippen LogP contribution >= 0.6 is 0 Å². The van der Waals surface area contributed by atoms with E-state index in [9.17, 15) is 19.2 Å². The maximum atomic E-state index is 13.1. The zero-order valence-electron chi connectivity index (χ0n) is 18.4. The molecule has 3 atom stereocenters. The number of nitrogens with zero attached hydrogens (tertiary/aromatic N) is 3. The third-order valence-corrected chi connectivity index (χ3v) is 6.84. The number of carbonyl (C=O) groups excluding carboxylic acids is 3. The summed E-state index contributed by atoms with van der Waals surface area (Å²) in [5, 5.41) is 2.66. The Morgan fingerprint density at radius 1 is 1.06 bits per heavy atom. The van der Waals surface area contributed by atoms with Crippen LogP contribution in [0, 0.1) is 5.92 Å². The fraction of sp³-hybridized carbons (Fsp3) is 0.417. The van der Waals surface area contributed by atoms with E-state index in [-0.39, 0.29) is 36.3 Å². The second kappa shape index (κ2) is 8.38. The van der Waals surface area contributed by atoms with Crippen molar-refractivity contribution in [2.75, 3.05) is 20.2 Å². The predicted molar refractivity (Wildman–Crippen MR) is 119 cm³/mol. The Kier molecular flexibility index (Phi) is 5.39. The van der Waals surface area contributed by atoms with Crippen molar-refractivity contribution in [1.29, 1.82) is 0 Å². The molecule has 2 fully saturated rings. The number of pyridine rings is 1. The Balaban J connectivity index is 1.26. The van der Waals surface area contributed by atoms with E-state index in [0.29, 0.717) is 30.9 Å². The molecule has 1 aromatic carbocycles. The largest absolute Gasteiger partial charge is 0.496 e. The lowest BCUT2D eigenvalue weighted by Crippen LogP contribution is -2.50. The highest BCUT2D eigenvalue weighted by molar-refractivity contribution is 6.05. The predicted octanol–water partition coefficient (Wildman–Crippen LogP) is 1.31. The van der Waals surface area contributed by atoms with Gasteiger partial charge in [0.1, 0.15) is 11.8 Å². The first kappa shape index (κ1) is 21.2. The van der Waals surface area contributed by atoms with Gasteiger partial charge >= 0.3 is 6.03 Å². The van der Waals surface area contributed by atoms with Gasteiger partial charge in [0, 0.05) is 42.9 Å². The average Bonchev–Trinajstić information content (AvgIpc) is 3.07. The third kappa shape index (κ3) is 3.88. The van der Waals surface area contributed by atoms with E-state index in [2.05, 4.69) is 5.32 Å². The second-order valence-corrected chi connectivity index (χ2v) is 8.94. The first-order chi connectivity index (χ1) is 15.9. The van der Waals surface area contributed by atoms with Crippen molar-refractivity contribution >= 4 is 17.8 Å². The van der Waals surface area contributed by atoms with Crippen molar-refractivity contribution in [3.63, 3.8) is 0 Å². The fourth-order valence-corrected chi connectivity index (χ4v) is 5.27. The van der Waals surface area contributed by atoms with Gasteiger partial charge in [-0.1, -0.05) is 24.3 Å². The Morgan fingerprint density at radius 2 is 1.88 bits per heavy atom. The normalized spacial score (nSPS) is 23.8. The lowest BCUT2D eigenvalue weighted by Gasteiger charge is -2.43. The maximum Gasteiger partial charge on any atom is 0.325 e. The monoisotopic (exact) mass is 450 g/mol. The quantitative estimate of drug-likeness (QED) is 0.693. The van der Waals surface area contributed by atoms with E-state index in [4.69, 9.17) is 4.74 Å². The molecule has 1 aromatic heterocycles. The molecule has 2 bridgehead atoms. The molecule has 2 saturated heterocycles. The molecular weight excluding hydrogens is 424 g/mol. The summed E-state index contributed by atoms with van der Waals surface area (Å²) >= 11 is 0. The highest BCUT2D eigenvalue weighted by atomic mass is 16.5. The van der Waals surface area contributed by atoms with E-state index in [0.717, 1.165) is 17.0 Å².